The lowest BCUT2D eigenvalue weighted by Gasteiger charge is -2.53. The third-order valence-electron chi connectivity index (χ3n) is 16.8. The third-order valence-corrected chi connectivity index (χ3v) is 16.8. The molecule has 2 spiro atoms. The van der Waals surface area contributed by atoms with Crippen LogP contribution in [0.2, 0.25) is 0 Å². The summed E-state index contributed by atoms with van der Waals surface area (Å²) in [5, 5.41) is 10.7. The number of hydrogen-bond donors (Lipinski definition) is 4. The fourth-order valence-corrected chi connectivity index (χ4v) is 12.0. The zero-order chi connectivity index (χ0) is 40.4. The van der Waals surface area contributed by atoms with Gasteiger partial charge in [0.05, 0.1) is 24.4 Å². The van der Waals surface area contributed by atoms with Crippen molar-refractivity contribution >= 4 is 17.7 Å². The number of nitrogens with zero attached hydrogens (tertiary/aromatic N) is 2. The van der Waals surface area contributed by atoms with Crippen LogP contribution in [0.5, 0.6) is 0 Å². The molecule has 4 aliphatic carbocycles. The number of fused-ring (bicyclic) bond motifs is 1. The number of carbonyl (C=O) groups excluding carboxylic acids is 3. The summed E-state index contributed by atoms with van der Waals surface area (Å²) in [6.45, 7) is 30.8. The standard InChI is InChI=1S/C45H76N6O4/c1-13-32-27-45(32,30(2)49-55-12)48-36(52)33-28-44(40(6,7)43(44)23-20-24-43)29-51(33)38(54)35(39(3,4)5)46-37(53)34(31-21-16-14-17-22-31)47-41(8,9)42(10,11)50-25-18-15-19-26-50/h13,31-35,47,49H,1-2,14-29H2,3-12H3,(H,46,53)(H,48,52)/t32?,33?,34?,35-,44-,45+/m1/s1. The Hall–Kier alpha value is -2.43. The van der Waals surface area contributed by atoms with Gasteiger partial charge in [0.2, 0.25) is 17.7 Å². The van der Waals surface area contributed by atoms with Gasteiger partial charge in [-0.3, -0.25) is 34.9 Å². The maximum atomic E-state index is 15.3. The first-order valence-corrected chi connectivity index (χ1v) is 21.7. The molecule has 55 heavy (non-hydrogen) atoms. The van der Waals surface area contributed by atoms with Gasteiger partial charge >= 0.3 is 0 Å². The minimum Gasteiger partial charge on any atom is -0.343 e. The second kappa shape index (κ2) is 14.7. The number of likely N-dealkylation sites (tertiary alicyclic amines) is 2. The van der Waals surface area contributed by atoms with Gasteiger partial charge in [0, 0.05) is 29.0 Å². The Kier molecular flexibility index (Phi) is 11.3. The predicted octanol–water partition coefficient (Wildman–Crippen LogP) is 6.62. The van der Waals surface area contributed by atoms with Gasteiger partial charge in [-0.1, -0.05) is 79.4 Å². The fraction of sp³-hybridized carbons (Fsp3) is 0.844. The van der Waals surface area contributed by atoms with E-state index in [1.165, 1.54) is 39.2 Å². The van der Waals surface area contributed by atoms with Gasteiger partial charge in [0.15, 0.2) is 0 Å². The molecule has 10 nitrogen and oxygen atoms in total. The third kappa shape index (κ3) is 6.89. The smallest absolute Gasteiger partial charge is 0.246 e. The summed E-state index contributed by atoms with van der Waals surface area (Å²) in [5.74, 6) is -0.247. The molecule has 0 aromatic carbocycles. The van der Waals surface area contributed by atoms with E-state index in [4.69, 9.17) is 4.84 Å². The van der Waals surface area contributed by atoms with Crippen molar-refractivity contribution in [2.24, 2.45) is 33.5 Å². The van der Waals surface area contributed by atoms with E-state index in [-0.39, 0.29) is 56.9 Å². The number of nitrogens with one attached hydrogen (secondary N) is 4. The monoisotopic (exact) mass is 765 g/mol. The molecule has 310 valence electrons. The summed E-state index contributed by atoms with van der Waals surface area (Å²) >= 11 is 0. The van der Waals surface area contributed by atoms with Crippen molar-refractivity contribution in [3.05, 3.63) is 24.9 Å². The van der Waals surface area contributed by atoms with Gasteiger partial charge in [0.1, 0.15) is 12.1 Å². The van der Waals surface area contributed by atoms with E-state index in [9.17, 15) is 9.59 Å². The summed E-state index contributed by atoms with van der Waals surface area (Å²) < 4.78 is 0. The van der Waals surface area contributed by atoms with E-state index < -0.39 is 29.1 Å². The highest BCUT2D eigenvalue weighted by molar-refractivity contribution is 5.95. The molecule has 4 saturated carbocycles. The van der Waals surface area contributed by atoms with Crippen LogP contribution < -0.4 is 21.4 Å². The van der Waals surface area contributed by atoms with Crippen LogP contribution >= 0.6 is 0 Å². The van der Waals surface area contributed by atoms with Crippen molar-refractivity contribution in [3.8, 4) is 0 Å². The van der Waals surface area contributed by atoms with Crippen LogP contribution in [0.3, 0.4) is 0 Å². The molecule has 0 aromatic rings. The summed E-state index contributed by atoms with van der Waals surface area (Å²) in [4.78, 5) is 54.6. The second-order valence-corrected chi connectivity index (χ2v) is 21.2. The first-order chi connectivity index (χ1) is 25.7. The minimum absolute atomic E-state index is 0.0106. The maximum absolute atomic E-state index is 15.3. The highest BCUT2D eigenvalue weighted by atomic mass is 16.6. The van der Waals surface area contributed by atoms with Crippen LogP contribution in [0.4, 0.5) is 0 Å². The molecule has 6 aliphatic rings. The van der Waals surface area contributed by atoms with Gasteiger partial charge in [0.25, 0.3) is 0 Å². The summed E-state index contributed by atoms with van der Waals surface area (Å²) in [5.41, 5.74) is 1.55. The summed E-state index contributed by atoms with van der Waals surface area (Å²) in [6.07, 6.45) is 15.6. The van der Waals surface area contributed by atoms with E-state index in [2.05, 4.69) is 81.0 Å². The Morgan fingerprint density at radius 2 is 1.49 bits per heavy atom. The Balaban J connectivity index is 1.29. The van der Waals surface area contributed by atoms with Gasteiger partial charge in [-0.2, -0.15) is 0 Å². The summed E-state index contributed by atoms with van der Waals surface area (Å²) in [7, 11) is 1.53. The molecule has 0 bridgehead atoms. The quantitative estimate of drug-likeness (QED) is 0.116. The van der Waals surface area contributed by atoms with Crippen LogP contribution in [-0.2, 0) is 19.2 Å². The molecule has 0 radical (unpaired) electrons. The van der Waals surface area contributed by atoms with Crippen molar-refractivity contribution in [2.75, 3.05) is 26.7 Å². The van der Waals surface area contributed by atoms with E-state index in [1.807, 2.05) is 31.7 Å². The first-order valence-electron chi connectivity index (χ1n) is 21.7. The molecule has 6 fully saturated rings. The van der Waals surface area contributed by atoms with Crippen molar-refractivity contribution in [1.29, 1.82) is 0 Å². The molecular formula is C45H76N6O4. The maximum Gasteiger partial charge on any atom is 0.246 e. The Labute approximate surface area is 333 Å². The average molecular weight is 765 g/mol. The lowest BCUT2D eigenvalue weighted by Crippen LogP contribution is -2.70. The number of rotatable bonds is 14. The van der Waals surface area contributed by atoms with Crippen LogP contribution in [0, 0.1) is 33.5 Å². The van der Waals surface area contributed by atoms with Crippen LogP contribution in [0.25, 0.3) is 0 Å². The Morgan fingerprint density at radius 1 is 0.873 bits per heavy atom. The molecule has 3 unspecified atom stereocenters. The van der Waals surface area contributed by atoms with Gasteiger partial charge in [-0.15, -0.1) is 6.58 Å². The largest absolute Gasteiger partial charge is 0.343 e. The van der Waals surface area contributed by atoms with Gasteiger partial charge in [-0.25, -0.2) is 0 Å². The van der Waals surface area contributed by atoms with E-state index >= 15 is 4.79 Å². The van der Waals surface area contributed by atoms with Crippen molar-refractivity contribution in [1.82, 2.24) is 31.2 Å². The SMILES string of the molecule is C=CC1C[C@]1(NC(=O)C1C[C@@]2(CN1C(=O)[C@@H](NC(=O)C(NC(C)(C)C(C)(C)N1CCCCC1)C1CCCCC1)C(C)(C)C)C(C)(C)C21CCC1)C(=C)NOC. The van der Waals surface area contributed by atoms with Crippen molar-refractivity contribution < 1.29 is 19.2 Å². The topological polar surface area (TPSA) is 115 Å². The fourth-order valence-electron chi connectivity index (χ4n) is 12.0. The number of piperidine rings is 1. The molecule has 2 heterocycles. The average Bonchev–Trinajstić information content (AvgIpc) is 3.84. The molecule has 3 amide bonds. The van der Waals surface area contributed by atoms with Crippen molar-refractivity contribution in [2.45, 2.75) is 181 Å². The van der Waals surface area contributed by atoms with Gasteiger partial charge in [-0.05, 0) is 114 Å². The van der Waals surface area contributed by atoms with Crippen LogP contribution in [0.1, 0.15) is 146 Å². The van der Waals surface area contributed by atoms with E-state index in [1.54, 1.807) is 0 Å². The predicted molar refractivity (Wildman–Crippen MR) is 220 cm³/mol. The van der Waals surface area contributed by atoms with Gasteiger partial charge < -0.3 is 15.5 Å². The molecule has 2 saturated heterocycles. The number of hydroxylamine groups is 1. The van der Waals surface area contributed by atoms with E-state index in [0.29, 0.717) is 25.1 Å². The molecule has 6 rings (SSSR count). The Bertz CT molecular complexity index is 1500. The highest BCUT2D eigenvalue weighted by Crippen LogP contribution is 2.88. The number of carbonyl (C=O) groups is 3. The molecule has 10 heteroatoms. The zero-order valence-corrected chi connectivity index (χ0v) is 36.2. The van der Waals surface area contributed by atoms with Crippen molar-refractivity contribution in [3.63, 3.8) is 0 Å². The van der Waals surface area contributed by atoms with Crippen LogP contribution in [-0.4, -0.2) is 89.0 Å². The minimum atomic E-state index is -0.809. The normalized spacial score (nSPS) is 31.6. The number of hydrogen-bond acceptors (Lipinski definition) is 7. The summed E-state index contributed by atoms with van der Waals surface area (Å²) in [6, 6.07) is -1.91. The highest BCUT2D eigenvalue weighted by Gasteiger charge is 2.85. The first kappa shape index (κ1) is 42.2. The van der Waals surface area contributed by atoms with E-state index in [0.717, 1.165) is 51.6 Å². The Morgan fingerprint density at radius 3 is 2.00 bits per heavy atom. The molecule has 4 N–H and O–H groups in total. The molecule has 2 aliphatic heterocycles. The lowest BCUT2D eigenvalue weighted by molar-refractivity contribution is -0.145. The van der Waals surface area contributed by atoms with Crippen LogP contribution in [0.15, 0.2) is 24.9 Å². The second-order valence-electron chi connectivity index (χ2n) is 21.2. The number of amides is 3. The molecule has 0 aromatic heterocycles. The molecule has 6 atom stereocenters. The lowest BCUT2D eigenvalue weighted by atomic mass is 9.73. The molecular weight excluding hydrogens is 689 g/mol. The zero-order valence-electron chi connectivity index (χ0n) is 36.2.